The first kappa shape index (κ1) is 17.4. The van der Waals surface area contributed by atoms with Crippen LogP contribution in [0.25, 0.3) is 5.82 Å². The van der Waals surface area contributed by atoms with Crippen LogP contribution in [0, 0.1) is 6.92 Å². The summed E-state index contributed by atoms with van der Waals surface area (Å²) in [7, 11) is 0. The predicted molar refractivity (Wildman–Crippen MR) is 95.1 cm³/mol. The van der Waals surface area contributed by atoms with Crippen molar-refractivity contribution < 1.29 is 0 Å². The Bertz CT molecular complexity index is 575. The van der Waals surface area contributed by atoms with Gasteiger partial charge < -0.3 is 11.1 Å². The van der Waals surface area contributed by atoms with Crippen LogP contribution < -0.4 is 11.1 Å². The number of aliphatic imine (C=N–C) groups is 1. The van der Waals surface area contributed by atoms with Gasteiger partial charge in [0.15, 0.2) is 5.96 Å². The van der Waals surface area contributed by atoms with Gasteiger partial charge in [0.1, 0.15) is 11.6 Å². The van der Waals surface area contributed by atoms with Crippen molar-refractivity contribution in [3.05, 3.63) is 42.1 Å². The van der Waals surface area contributed by atoms with E-state index >= 15 is 0 Å². The minimum atomic E-state index is 0. The molecule has 0 aromatic carbocycles. The predicted octanol–water partition coefficient (Wildman–Crippen LogP) is 2.01. The van der Waals surface area contributed by atoms with E-state index in [0.717, 1.165) is 30.2 Å². The highest BCUT2D eigenvalue weighted by molar-refractivity contribution is 14.0. The highest BCUT2D eigenvalue weighted by Gasteiger charge is 2.01. The SMILES string of the molecule is CCCNC(N)=NCc1ccc(-n2ccnc2C)nc1.I. The Morgan fingerprint density at radius 1 is 1.38 bits per heavy atom. The summed E-state index contributed by atoms with van der Waals surface area (Å²) in [5.74, 6) is 2.24. The van der Waals surface area contributed by atoms with Crippen LogP contribution in [0.2, 0.25) is 0 Å². The van der Waals surface area contributed by atoms with Gasteiger partial charge in [-0.25, -0.2) is 15.0 Å². The molecule has 0 fully saturated rings. The Kier molecular flexibility index (Phi) is 7.13. The molecule has 0 aliphatic rings. The zero-order chi connectivity index (χ0) is 14.4. The van der Waals surface area contributed by atoms with Gasteiger partial charge in [-0.1, -0.05) is 13.0 Å². The summed E-state index contributed by atoms with van der Waals surface area (Å²) in [5.41, 5.74) is 6.76. The average Bonchev–Trinajstić information content (AvgIpc) is 2.89. The number of halogens is 1. The van der Waals surface area contributed by atoms with Gasteiger partial charge in [-0.15, -0.1) is 24.0 Å². The lowest BCUT2D eigenvalue weighted by Crippen LogP contribution is -2.32. The maximum atomic E-state index is 5.74. The maximum Gasteiger partial charge on any atom is 0.188 e. The minimum absolute atomic E-state index is 0. The fourth-order valence-electron chi connectivity index (χ4n) is 1.76. The first-order valence-electron chi connectivity index (χ1n) is 6.69. The third-order valence-corrected chi connectivity index (χ3v) is 2.87. The van der Waals surface area contributed by atoms with Crippen molar-refractivity contribution in [3.63, 3.8) is 0 Å². The number of pyridine rings is 1. The van der Waals surface area contributed by atoms with Crippen LogP contribution in [-0.2, 0) is 6.54 Å². The molecule has 0 amide bonds. The molecular formula is C14H21IN6. The second kappa shape index (κ2) is 8.60. The molecule has 0 bridgehead atoms. The first-order valence-corrected chi connectivity index (χ1v) is 6.69. The van der Waals surface area contributed by atoms with Crippen molar-refractivity contribution in [2.45, 2.75) is 26.8 Å². The molecule has 0 aliphatic heterocycles. The molecule has 3 N–H and O–H groups in total. The summed E-state index contributed by atoms with van der Waals surface area (Å²) in [6.45, 7) is 5.40. The molecule has 2 heterocycles. The van der Waals surface area contributed by atoms with E-state index in [9.17, 15) is 0 Å². The first-order chi connectivity index (χ1) is 9.70. The number of imidazole rings is 1. The van der Waals surface area contributed by atoms with E-state index in [1.54, 1.807) is 6.20 Å². The summed E-state index contributed by atoms with van der Waals surface area (Å²) in [5, 5.41) is 3.04. The normalized spacial score (nSPS) is 11.0. The second-order valence-corrected chi connectivity index (χ2v) is 4.50. The highest BCUT2D eigenvalue weighted by atomic mass is 127. The number of nitrogens with zero attached hydrogens (tertiary/aromatic N) is 4. The number of guanidine groups is 1. The second-order valence-electron chi connectivity index (χ2n) is 4.50. The van der Waals surface area contributed by atoms with Gasteiger partial charge in [-0.05, 0) is 25.0 Å². The van der Waals surface area contributed by atoms with Crippen LogP contribution in [0.1, 0.15) is 24.7 Å². The van der Waals surface area contributed by atoms with Crippen molar-refractivity contribution in [3.8, 4) is 5.82 Å². The topological polar surface area (TPSA) is 81.1 Å². The van der Waals surface area contributed by atoms with Crippen LogP contribution in [0.3, 0.4) is 0 Å². The van der Waals surface area contributed by atoms with Gasteiger partial charge in [0, 0.05) is 25.1 Å². The fourth-order valence-corrected chi connectivity index (χ4v) is 1.76. The van der Waals surface area contributed by atoms with Crippen molar-refractivity contribution in [1.29, 1.82) is 0 Å². The van der Waals surface area contributed by atoms with Crippen molar-refractivity contribution in [1.82, 2.24) is 19.9 Å². The van der Waals surface area contributed by atoms with E-state index < -0.39 is 0 Å². The van der Waals surface area contributed by atoms with Gasteiger partial charge >= 0.3 is 0 Å². The van der Waals surface area contributed by atoms with Gasteiger partial charge in [0.05, 0.1) is 6.54 Å². The molecule has 2 rings (SSSR count). The minimum Gasteiger partial charge on any atom is -0.370 e. The van der Waals surface area contributed by atoms with Gasteiger partial charge in [0.25, 0.3) is 0 Å². The lowest BCUT2D eigenvalue weighted by molar-refractivity contribution is 0.825. The Morgan fingerprint density at radius 2 is 2.19 bits per heavy atom. The van der Waals surface area contributed by atoms with Crippen LogP contribution in [-0.4, -0.2) is 27.0 Å². The van der Waals surface area contributed by atoms with Crippen LogP contribution in [0.4, 0.5) is 0 Å². The molecule has 0 saturated heterocycles. The van der Waals surface area contributed by atoms with Crippen molar-refractivity contribution >= 4 is 29.9 Å². The summed E-state index contributed by atoms with van der Waals surface area (Å²) in [6.07, 6.45) is 6.49. The van der Waals surface area contributed by atoms with Gasteiger partial charge in [-0.2, -0.15) is 0 Å². The van der Waals surface area contributed by atoms with E-state index in [-0.39, 0.29) is 24.0 Å². The number of aromatic nitrogens is 3. The van der Waals surface area contributed by atoms with E-state index in [1.165, 1.54) is 0 Å². The molecule has 0 aliphatic carbocycles. The van der Waals surface area contributed by atoms with Crippen molar-refractivity contribution in [2.75, 3.05) is 6.54 Å². The number of hydrogen-bond acceptors (Lipinski definition) is 3. The third-order valence-electron chi connectivity index (χ3n) is 2.87. The molecule has 2 aromatic rings. The Hall–Kier alpha value is -1.64. The monoisotopic (exact) mass is 400 g/mol. The van der Waals surface area contributed by atoms with Gasteiger partial charge in [-0.3, -0.25) is 4.57 Å². The number of nitrogens with one attached hydrogen (secondary N) is 1. The van der Waals surface area contributed by atoms with Crippen LogP contribution >= 0.6 is 24.0 Å². The quantitative estimate of drug-likeness (QED) is 0.457. The molecule has 0 atom stereocenters. The number of rotatable bonds is 5. The smallest absolute Gasteiger partial charge is 0.188 e. The lowest BCUT2D eigenvalue weighted by Gasteiger charge is -2.05. The lowest BCUT2D eigenvalue weighted by atomic mass is 10.3. The van der Waals surface area contributed by atoms with Crippen LogP contribution in [0.15, 0.2) is 35.7 Å². The van der Waals surface area contributed by atoms with Crippen molar-refractivity contribution in [2.24, 2.45) is 10.7 Å². The maximum absolute atomic E-state index is 5.74. The molecule has 0 unspecified atom stereocenters. The van der Waals surface area contributed by atoms with E-state index in [0.29, 0.717) is 12.5 Å². The molecule has 114 valence electrons. The molecule has 2 aromatic heterocycles. The number of hydrogen-bond donors (Lipinski definition) is 2. The molecule has 21 heavy (non-hydrogen) atoms. The number of aryl methyl sites for hydroxylation is 1. The Morgan fingerprint density at radius 3 is 2.76 bits per heavy atom. The summed E-state index contributed by atoms with van der Waals surface area (Å²) in [6, 6.07) is 3.95. The highest BCUT2D eigenvalue weighted by Crippen LogP contribution is 2.08. The molecule has 6 nitrogen and oxygen atoms in total. The Labute approximate surface area is 141 Å². The summed E-state index contributed by atoms with van der Waals surface area (Å²) < 4.78 is 1.93. The molecule has 0 spiro atoms. The fraction of sp³-hybridized carbons (Fsp3) is 0.357. The standard InChI is InChI=1S/C14H20N6.HI/c1-3-6-17-14(15)19-10-12-4-5-13(18-9-12)20-8-7-16-11(20)2;/h4-5,7-9H,3,6,10H2,1-2H3,(H3,15,17,19);1H. The molecule has 0 saturated carbocycles. The number of nitrogens with two attached hydrogens (primary N) is 1. The largest absolute Gasteiger partial charge is 0.370 e. The average molecular weight is 400 g/mol. The van der Waals surface area contributed by atoms with Gasteiger partial charge in [0.2, 0.25) is 0 Å². The third kappa shape index (κ3) is 5.00. The summed E-state index contributed by atoms with van der Waals surface area (Å²) >= 11 is 0. The zero-order valence-electron chi connectivity index (χ0n) is 12.3. The van der Waals surface area contributed by atoms with E-state index in [1.807, 2.05) is 36.0 Å². The Balaban J connectivity index is 0.00000220. The molecule has 0 radical (unpaired) electrons. The van der Waals surface area contributed by atoms with Crippen LogP contribution in [0.5, 0.6) is 0 Å². The van der Waals surface area contributed by atoms with E-state index in [4.69, 9.17) is 5.73 Å². The summed E-state index contributed by atoms with van der Waals surface area (Å²) in [4.78, 5) is 12.9. The zero-order valence-corrected chi connectivity index (χ0v) is 14.6. The molecule has 7 heteroatoms. The molecular weight excluding hydrogens is 379 g/mol. The van der Waals surface area contributed by atoms with E-state index in [2.05, 4.69) is 27.2 Å².